The fourth-order valence-electron chi connectivity index (χ4n) is 1.53. The number of halogens is 3. The zero-order valence-corrected chi connectivity index (χ0v) is 8.71. The summed E-state index contributed by atoms with van der Waals surface area (Å²) in [6.45, 7) is 0. The van der Waals surface area contributed by atoms with E-state index < -0.39 is 11.7 Å². The van der Waals surface area contributed by atoms with Crippen molar-refractivity contribution >= 4 is 11.6 Å². The van der Waals surface area contributed by atoms with Crippen LogP contribution in [0.2, 0.25) is 0 Å². The van der Waals surface area contributed by atoms with Gasteiger partial charge in [0.2, 0.25) is 5.91 Å². The summed E-state index contributed by atoms with van der Waals surface area (Å²) in [7, 11) is 0. The van der Waals surface area contributed by atoms with Crippen LogP contribution in [0, 0.1) is 0 Å². The van der Waals surface area contributed by atoms with Crippen LogP contribution in [0.3, 0.4) is 0 Å². The van der Waals surface area contributed by atoms with Crippen LogP contribution in [-0.2, 0) is 11.0 Å². The molecule has 1 amide bonds. The number of hydrazone groups is 1. The number of hydrogen-bond donors (Lipinski definition) is 1. The number of carbonyl (C=O) groups excluding carboxylic acids is 1. The first-order valence-corrected chi connectivity index (χ1v) is 5.00. The molecule has 3 nitrogen and oxygen atoms in total. The Kier molecular flexibility index (Phi) is 2.87. The van der Waals surface area contributed by atoms with Gasteiger partial charge in [0.15, 0.2) is 0 Å². The van der Waals surface area contributed by atoms with Crippen molar-refractivity contribution in [3.8, 4) is 0 Å². The minimum atomic E-state index is -4.33. The molecule has 6 heteroatoms. The van der Waals surface area contributed by atoms with E-state index in [9.17, 15) is 18.0 Å². The summed E-state index contributed by atoms with van der Waals surface area (Å²) < 4.78 is 37.0. The Labute approximate surface area is 95.3 Å². The van der Waals surface area contributed by atoms with Crippen LogP contribution >= 0.6 is 0 Å². The molecule has 0 saturated heterocycles. The normalized spacial score (nSPS) is 16.4. The lowest BCUT2D eigenvalue weighted by molar-refractivity contribution is -0.137. The topological polar surface area (TPSA) is 41.5 Å². The van der Waals surface area contributed by atoms with Crippen LogP contribution in [0.1, 0.15) is 24.0 Å². The molecule has 0 aliphatic carbocycles. The first-order valence-electron chi connectivity index (χ1n) is 5.00. The van der Waals surface area contributed by atoms with Crippen molar-refractivity contribution in [1.29, 1.82) is 0 Å². The van der Waals surface area contributed by atoms with Gasteiger partial charge in [-0.25, -0.2) is 5.43 Å². The van der Waals surface area contributed by atoms with Gasteiger partial charge in [0, 0.05) is 12.8 Å². The van der Waals surface area contributed by atoms with E-state index in [2.05, 4.69) is 10.5 Å². The largest absolute Gasteiger partial charge is 0.416 e. The predicted octanol–water partition coefficient (Wildman–Crippen LogP) is 2.32. The van der Waals surface area contributed by atoms with Crippen LogP contribution in [0.5, 0.6) is 0 Å². The standard InChI is InChI=1S/C11H9F3N2O/c12-11(13,14)8-3-1-7(2-4-8)9-5-6-10(17)16-15-9/h1-4H,5-6H2,(H,16,17). The van der Waals surface area contributed by atoms with E-state index in [1.165, 1.54) is 12.1 Å². The second kappa shape index (κ2) is 4.20. The Bertz CT molecular complexity index is 463. The SMILES string of the molecule is O=C1CCC(c2ccc(C(F)(F)F)cc2)=NN1. The summed E-state index contributed by atoms with van der Waals surface area (Å²) in [6, 6.07) is 4.74. The summed E-state index contributed by atoms with van der Waals surface area (Å²) >= 11 is 0. The maximum atomic E-state index is 12.3. The van der Waals surface area contributed by atoms with Gasteiger partial charge in [0.25, 0.3) is 0 Å². The lowest BCUT2D eigenvalue weighted by Gasteiger charge is -2.13. The van der Waals surface area contributed by atoms with Crippen molar-refractivity contribution in [2.24, 2.45) is 5.10 Å². The Balaban J connectivity index is 2.21. The van der Waals surface area contributed by atoms with Crippen molar-refractivity contribution in [2.45, 2.75) is 19.0 Å². The molecule has 1 aromatic rings. The summed E-state index contributed by atoms with van der Waals surface area (Å²) in [5, 5.41) is 3.81. The first kappa shape index (κ1) is 11.6. The van der Waals surface area contributed by atoms with Crippen molar-refractivity contribution in [2.75, 3.05) is 0 Å². The molecule has 90 valence electrons. The fourth-order valence-corrected chi connectivity index (χ4v) is 1.53. The smallest absolute Gasteiger partial charge is 0.273 e. The Hall–Kier alpha value is -1.85. The molecule has 1 heterocycles. The molecule has 1 aromatic carbocycles. The van der Waals surface area contributed by atoms with E-state index in [0.717, 1.165) is 12.1 Å². The maximum Gasteiger partial charge on any atom is 0.416 e. The quantitative estimate of drug-likeness (QED) is 0.806. The number of amides is 1. The number of nitrogens with one attached hydrogen (secondary N) is 1. The number of hydrogen-bond acceptors (Lipinski definition) is 2. The minimum absolute atomic E-state index is 0.180. The molecule has 0 unspecified atom stereocenters. The van der Waals surface area contributed by atoms with Gasteiger partial charge in [-0.05, 0) is 17.7 Å². The molecule has 0 saturated carbocycles. The Morgan fingerprint density at radius 2 is 1.76 bits per heavy atom. The monoisotopic (exact) mass is 242 g/mol. The summed E-state index contributed by atoms with van der Waals surface area (Å²) in [5.74, 6) is -0.180. The van der Waals surface area contributed by atoms with Crippen LogP contribution in [0.15, 0.2) is 29.4 Å². The molecule has 0 spiro atoms. The van der Waals surface area contributed by atoms with Crippen molar-refractivity contribution in [3.63, 3.8) is 0 Å². The van der Waals surface area contributed by atoms with E-state index in [4.69, 9.17) is 0 Å². The molecular weight excluding hydrogens is 233 g/mol. The lowest BCUT2D eigenvalue weighted by atomic mass is 10.0. The van der Waals surface area contributed by atoms with Crippen molar-refractivity contribution in [1.82, 2.24) is 5.43 Å². The third kappa shape index (κ3) is 2.64. The number of rotatable bonds is 1. The molecule has 1 aliphatic rings. The highest BCUT2D eigenvalue weighted by Gasteiger charge is 2.30. The average molecular weight is 242 g/mol. The zero-order chi connectivity index (χ0) is 12.5. The van der Waals surface area contributed by atoms with Gasteiger partial charge in [-0.3, -0.25) is 4.79 Å². The Morgan fingerprint density at radius 1 is 1.12 bits per heavy atom. The molecule has 0 aromatic heterocycles. The van der Waals surface area contributed by atoms with Crippen molar-refractivity contribution in [3.05, 3.63) is 35.4 Å². The van der Waals surface area contributed by atoms with E-state index in [-0.39, 0.29) is 5.91 Å². The molecule has 2 rings (SSSR count). The highest BCUT2D eigenvalue weighted by Crippen LogP contribution is 2.29. The van der Waals surface area contributed by atoms with Gasteiger partial charge in [0.1, 0.15) is 0 Å². The second-order valence-corrected chi connectivity index (χ2v) is 3.67. The summed E-state index contributed by atoms with van der Waals surface area (Å²) in [5.41, 5.74) is 2.80. The number of carbonyl (C=O) groups is 1. The van der Waals surface area contributed by atoms with E-state index in [1.807, 2.05) is 0 Å². The highest BCUT2D eigenvalue weighted by atomic mass is 19.4. The van der Waals surface area contributed by atoms with Crippen LogP contribution in [0.4, 0.5) is 13.2 Å². The molecule has 0 radical (unpaired) electrons. The molecule has 1 N–H and O–H groups in total. The molecular formula is C11H9F3N2O. The average Bonchev–Trinajstić information content (AvgIpc) is 2.29. The number of benzene rings is 1. The van der Waals surface area contributed by atoms with Gasteiger partial charge in [-0.2, -0.15) is 18.3 Å². The molecule has 1 aliphatic heterocycles. The van der Waals surface area contributed by atoms with Crippen LogP contribution in [0.25, 0.3) is 0 Å². The number of alkyl halides is 3. The van der Waals surface area contributed by atoms with Gasteiger partial charge >= 0.3 is 6.18 Å². The van der Waals surface area contributed by atoms with Gasteiger partial charge < -0.3 is 0 Å². The van der Waals surface area contributed by atoms with Crippen LogP contribution in [-0.4, -0.2) is 11.6 Å². The van der Waals surface area contributed by atoms with Crippen molar-refractivity contribution < 1.29 is 18.0 Å². The van der Waals surface area contributed by atoms with Gasteiger partial charge in [-0.15, -0.1) is 0 Å². The zero-order valence-electron chi connectivity index (χ0n) is 8.71. The summed E-state index contributed by atoms with van der Waals surface area (Å²) in [6.07, 6.45) is -3.59. The third-order valence-corrected chi connectivity index (χ3v) is 2.45. The van der Waals surface area contributed by atoms with E-state index in [1.54, 1.807) is 0 Å². The van der Waals surface area contributed by atoms with E-state index >= 15 is 0 Å². The van der Waals surface area contributed by atoms with Gasteiger partial charge in [0.05, 0.1) is 11.3 Å². The summed E-state index contributed by atoms with van der Waals surface area (Å²) in [4.78, 5) is 10.9. The molecule has 0 bridgehead atoms. The second-order valence-electron chi connectivity index (χ2n) is 3.67. The maximum absolute atomic E-state index is 12.3. The lowest BCUT2D eigenvalue weighted by Crippen LogP contribution is -2.25. The van der Waals surface area contributed by atoms with Gasteiger partial charge in [-0.1, -0.05) is 12.1 Å². The minimum Gasteiger partial charge on any atom is -0.273 e. The Morgan fingerprint density at radius 3 is 2.24 bits per heavy atom. The molecule has 17 heavy (non-hydrogen) atoms. The predicted molar refractivity (Wildman–Crippen MR) is 55.4 cm³/mol. The first-order chi connectivity index (χ1) is 7.97. The van der Waals surface area contributed by atoms with E-state index in [0.29, 0.717) is 24.1 Å². The van der Waals surface area contributed by atoms with Crippen LogP contribution < -0.4 is 5.43 Å². The fraction of sp³-hybridized carbons (Fsp3) is 0.273. The number of nitrogens with zero attached hydrogens (tertiary/aromatic N) is 1. The molecule has 0 atom stereocenters. The third-order valence-electron chi connectivity index (χ3n) is 2.45. The highest BCUT2D eigenvalue weighted by molar-refractivity contribution is 6.04. The molecule has 0 fully saturated rings.